The largest absolute Gasteiger partial charge is 0.493 e. The molecule has 0 saturated heterocycles. The van der Waals surface area contributed by atoms with E-state index >= 15 is 0 Å². The molecule has 1 N–H and O–H groups in total. The van der Waals surface area contributed by atoms with Crippen molar-refractivity contribution in [3.8, 4) is 11.5 Å². The van der Waals surface area contributed by atoms with Gasteiger partial charge in [-0.2, -0.15) is 0 Å². The first-order valence-corrected chi connectivity index (χ1v) is 8.95. The molecule has 0 aromatic heterocycles. The Morgan fingerprint density at radius 2 is 1.74 bits per heavy atom. The molecule has 0 aliphatic rings. The van der Waals surface area contributed by atoms with Gasteiger partial charge in [0.05, 0.1) is 20.8 Å². The van der Waals surface area contributed by atoms with E-state index in [-0.39, 0.29) is 6.61 Å². The van der Waals surface area contributed by atoms with Crippen molar-refractivity contribution in [2.45, 2.75) is 26.0 Å². The highest BCUT2D eigenvalue weighted by Gasteiger charge is 2.23. The summed E-state index contributed by atoms with van der Waals surface area (Å²) in [6.07, 6.45) is -0.607. The average Bonchev–Trinajstić information content (AvgIpc) is 2.69. The smallest absolute Gasteiger partial charge is 0.411 e. The molecule has 0 bridgehead atoms. The number of methoxy groups -OCH3 is 2. The molecule has 6 nitrogen and oxygen atoms in total. The number of aliphatic hydroxyl groups excluding tert-OH is 1. The molecular weight excluding hydrogens is 346 g/mol. The van der Waals surface area contributed by atoms with Crippen molar-refractivity contribution >= 4 is 6.09 Å². The van der Waals surface area contributed by atoms with E-state index in [9.17, 15) is 9.90 Å². The van der Waals surface area contributed by atoms with Gasteiger partial charge in [0.25, 0.3) is 0 Å². The Morgan fingerprint density at radius 1 is 1.04 bits per heavy atom. The number of carbonyl (C=O) groups is 1. The van der Waals surface area contributed by atoms with Gasteiger partial charge in [-0.1, -0.05) is 36.4 Å². The molecule has 2 rings (SSSR count). The second kappa shape index (κ2) is 10.4. The first-order chi connectivity index (χ1) is 13.1. The minimum absolute atomic E-state index is 0.254. The Labute approximate surface area is 160 Å². The highest BCUT2D eigenvalue weighted by atomic mass is 16.6. The number of hydrogen-bond acceptors (Lipinski definition) is 5. The fourth-order valence-electron chi connectivity index (χ4n) is 2.79. The van der Waals surface area contributed by atoms with Gasteiger partial charge in [-0.15, -0.1) is 0 Å². The monoisotopic (exact) mass is 373 g/mol. The van der Waals surface area contributed by atoms with E-state index in [1.807, 2.05) is 48.5 Å². The number of carbonyl (C=O) groups excluding carboxylic acids is 1. The molecule has 0 radical (unpaired) electrons. The molecule has 6 heteroatoms. The van der Waals surface area contributed by atoms with E-state index in [2.05, 4.69) is 0 Å². The molecule has 0 aliphatic carbocycles. The molecule has 0 aliphatic heterocycles. The van der Waals surface area contributed by atoms with Crippen LogP contribution in [0.2, 0.25) is 0 Å². The van der Waals surface area contributed by atoms with Gasteiger partial charge in [-0.05, 0) is 36.6 Å². The second-order valence-electron chi connectivity index (χ2n) is 6.00. The summed E-state index contributed by atoms with van der Waals surface area (Å²) in [6, 6.07) is 15.2. The van der Waals surface area contributed by atoms with Gasteiger partial charge in [-0.3, -0.25) is 4.90 Å². The fraction of sp³-hybridized carbons (Fsp3) is 0.381. The number of aliphatic hydroxyl groups is 1. The van der Waals surface area contributed by atoms with Crippen molar-refractivity contribution in [2.24, 2.45) is 0 Å². The third kappa shape index (κ3) is 5.89. The summed E-state index contributed by atoms with van der Waals surface area (Å²) in [7, 11) is 3.16. The lowest BCUT2D eigenvalue weighted by Crippen LogP contribution is -2.43. The van der Waals surface area contributed by atoms with Crippen LogP contribution in [0.5, 0.6) is 11.5 Å². The van der Waals surface area contributed by atoms with Crippen molar-refractivity contribution < 1.29 is 24.1 Å². The zero-order chi connectivity index (χ0) is 19.6. The number of rotatable bonds is 9. The molecule has 1 unspecified atom stereocenters. The van der Waals surface area contributed by atoms with Crippen LogP contribution in [-0.2, 0) is 17.6 Å². The van der Waals surface area contributed by atoms with Crippen LogP contribution in [0.3, 0.4) is 0 Å². The van der Waals surface area contributed by atoms with Gasteiger partial charge in [0.15, 0.2) is 11.5 Å². The van der Waals surface area contributed by atoms with Crippen LogP contribution in [0.25, 0.3) is 0 Å². The van der Waals surface area contributed by atoms with Crippen LogP contribution in [0.15, 0.2) is 48.5 Å². The number of ether oxygens (including phenoxy) is 3. The molecule has 2 aromatic carbocycles. The Hall–Kier alpha value is -2.73. The lowest BCUT2D eigenvalue weighted by Gasteiger charge is -2.27. The maximum atomic E-state index is 12.3. The van der Waals surface area contributed by atoms with Gasteiger partial charge in [0.1, 0.15) is 6.23 Å². The summed E-state index contributed by atoms with van der Waals surface area (Å²) in [6.45, 7) is 2.32. The first kappa shape index (κ1) is 20.6. The van der Waals surface area contributed by atoms with Crippen molar-refractivity contribution in [2.75, 3.05) is 27.4 Å². The molecule has 0 spiro atoms. The molecular formula is C21H27NO5. The number of nitrogens with zero attached hydrogens (tertiary/aromatic N) is 1. The van der Waals surface area contributed by atoms with E-state index in [0.717, 1.165) is 11.1 Å². The van der Waals surface area contributed by atoms with E-state index in [4.69, 9.17) is 14.2 Å². The molecule has 0 heterocycles. The van der Waals surface area contributed by atoms with Crippen LogP contribution in [0.4, 0.5) is 4.79 Å². The van der Waals surface area contributed by atoms with Gasteiger partial charge < -0.3 is 19.3 Å². The highest BCUT2D eigenvalue weighted by molar-refractivity contribution is 5.67. The van der Waals surface area contributed by atoms with Crippen LogP contribution in [-0.4, -0.2) is 49.7 Å². The van der Waals surface area contributed by atoms with E-state index in [1.54, 1.807) is 21.1 Å². The highest BCUT2D eigenvalue weighted by Crippen LogP contribution is 2.27. The minimum Gasteiger partial charge on any atom is -0.493 e. The topological polar surface area (TPSA) is 68.2 Å². The van der Waals surface area contributed by atoms with Crippen LogP contribution >= 0.6 is 0 Å². The summed E-state index contributed by atoms with van der Waals surface area (Å²) < 4.78 is 15.7. The Morgan fingerprint density at radius 3 is 2.37 bits per heavy atom. The lowest BCUT2D eigenvalue weighted by atomic mass is 10.1. The van der Waals surface area contributed by atoms with Gasteiger partial charge in [0.2, 0.25) is 0 Å². The maximum absolute atomic E-state index is 12.3. The predicted molar refractivity (Wildman–Crippen MR) is 103 cm³/mol. The van der Waals surface area contributed by atoms with Gasteiger partial charge in [-0.25, -0.2) is 4.79 Å². The zero-order valence-corrected chi connectivity index (χ0v) is 16.1. The van der Waals surface area contributed by atoms with Gasteiger partial charge in [0, 0.05) is 13.0 Å². The van der Waals surface area contributed by atoms with Crippen LogP contribution in [0.1, 0.15) is 18.1 Å². The number of hydrogen-bond donors (Lipinski definition) is 1. The van der Waals surface area contributed by atoms with Crippen LogP contribution in [0, 0.1) is 0 Å². The van der Waals surface area contributed by atoms with Gasteiger partial charge >= 0.3 is 6.09 Å². The Balaban J connectivity index is 2.09. The summed E-state index contributed by atoms with van der Waals surface area (Å²) in [4.78, 5) is 13.7. The second-order valence-corrected chi connectivity index (χ2v) is 6.00. The van der Waals surface area contributed by atoms with Crippen molar-refractivity contribution in [3.63, 3.8) is 0 Å². The normalized spacial score (nSPS) is 11.6. The van der Waals surface area contributed by atoms with Crippen molar-refractivity contribution in [3.05, 3.63) is 59.7 Å². The number of amides is 1. The third-order valence-corrected chi connectivity index (χ3v) is 4.21. The Bertz CT molecular complexity index is 720. The maximum Gasteiger partial charge on any atom is 0.411 e. The molecule has 27 heavy (non-hydrogen) atoms. The molecule has 0 saturated carbocycles. The standard InChI is InChI=1S/C21H27NO5/c1-4-27-21(24)22(20(23)15-16-8-6-5-7-9-16)13-12-17-10-11-18(25-2)19(14-17)26-3/h5-11,14,20,23H,4,12-13,15H2,1-3H3. The fourth-order valence-corrected chi connectivity index (χ4v) is 2.79. The zero-order valence-electron chi connectivity index (χ0n) is 16.1. The predicted octanol–water partition coefficient (Wildman–Crippen LogP) is 3.27. The van der Waals surface area contributed by atoms with Crippen LogP contribution < -0.4 is 9.47 Å². The molecule has 1 amide bonds. The third-order valence-electron chi connectivity index (χ3n) is 4.21. The number of benzene rings is 2. The summed E-state index contributed by atoms with van der Waals surface area (Å²) in [5.74, 6) is 1.27. The Kier molecular flexibility index (Phi) is 7.95. The SMILES string of the molecule is CCOC(=O)N(CCc1ccc(OC)c(OC)c1)C(O)Cc1ccccc1. The average molecular weight is 373 g/mol. The quantitative estimate of drug-likeness (QED) is 0.683. The minimum atomic E-state index is -0.966. The first-order valence-electron chi connectivity index (χ1n) is 8.95. The van der Waals surface area contributed by atoms with Crippen molar-refractivity contribution in [1.29, 1.82) is 0 Å². The molecule has 146 valence electrons. The lowest BCUT2D eigenvalue weighted by molar-refractivity contribution is 0.00190. The molecule has 2 aromatic rings. The summed E-state index contributed by atoms with van der Waals surface area (Å²) in [5, 5.41) is 10.6. The summed E-state index contributed by atoms with van der Waals surface area (Å²) in [5.41, 5.74) is 1.92. The summed E-state index contributed by atoms with van der Waals surface area (Å²) >= 11 is 0. The van der Waals surface area contributed by atoms with E-state index < -0.39 is 12.3 Å². The molecule has 0 fully saturated rings. The van der Waals surface area contributed by atoms with Crippen molar-refractivity contribution in [1.82, 2.24) is 4.90 Å². The molecule has 1 atom stereocenters. The van der Waals surface area contributed by atoms with E-state index in [0.29, 0.717) is 30.9 Å². The van der Waals surface area contributed by atoms with E-state index in [1.165, 1.54) is 4.90 Å².